The lowest BCUT2D eigenvalue weighted by Crippen LogP contribution is -2.29. The molecule has 0 saturated heterocycles. The Bertz CT molecular complexity index is 848. The van der Waals surface area contributed by atoms with Gasteiger partial charge in [0.1, 0.15) is 11.8 Å². The van der Waals surface area contributed by atoms with Gasteiger partial charge in [-0.25, -0.2) is 14.3 Å². The molecular weight excluding hydrogens is 356 g/mol. The number of nitrogens with one attached hydrogen (secondary N) is 1. The summed E-state index contributed by atoms with van der Waals surface area (Å²) in [7, 11) is 3.81. The number of carbonyl (C=O) groups excluding carboxylic acids is 3. The molecule has 0 bridgehead atoms. The third-order valence-electron chi connectivity index (χ3n) is 3.77. The smallest absolute Gasteiger partial charge is 0.361 e. The molecule has 1 aromatic heterocycles. The van der Waals surface area contributed by atoms with Crippen molar-refractivity contribution < 1.29 is 28.6 Å². The van der Waals surface area contributed by atoms with Gasteiger partial charge in [0.05, 0.1) is 21.3 Å². The monoisotopic (exact) mass is 376 g/mol. The highest BCUT2D eigenvalue weighted by Gasteiger charge is 2.32. The molecule has 0 aliphatic heterocycles. The molecule has 0 spiro atoms. The zero-order chi connectivity index (χ0) is 20.0. The maximum absolute atomic E-state index is 12.7. The summed E-state index contributed by atoms with van der Waals surface area (Å²) in [6.45, 7) is 1.73. The topological polar surface area (TPSA) is 122 Å². The number of amides is 1. The molecule has 144 valence electrons. The molecule has 10 nitrogen and oxygen atoms in total. The van der Waals surface area contributed by atoms with E-state index in [1.165, 1.54) is 7.11 Å². The number of aromatic nitrogens is 3. The van der Waals surface area contributed by atoms with Gasteiger partial charge in [-0.15, -0.1) is 5.10 Å². The summed E-state index contributed by atoms with van der Waals surface area (Å²) in [5.74, 6) is -1.58. The second kappa shape index (κ2) is 8.79. The van der Waals surface area contributed by atoms with Crippen LogP contribution >= 0.6 is 0 Å². The van der Waals surface area contributed by atoms with Crippen molar-refractivity contribution in [1.82, 2.24) is 15.0 Å². The molecule has 1 aromatic carbocycles. The van der Waals surface area contributed by atoms with Crippen molar-refractivity contribution in [2.45, 2.75) is 19.4 Å². The van der Waals surface area contributed by atoms with Crippen molar-refractivity contribution in [1.29, 1.82) is 0 Å². The molecule has 0 unspecified atom stereocenters. The number of methoxy groups -OCH3 is 3. The lowest BCUT2D eigenvalue weighted by Gasteiger charge is -2.17. The molecule has 10 heteroatoms. The number of nitrogens with zero attached hydrogens (tertiary/aromatic N) is 3. The summed E-state index contributed by atoms with van der Waals surface area (Å²) in [6.07, 6.45) is 0.282. The summed E-state index contributed by atoms with van der Waals surface area (Å²) >= 11 is 0. The van der Waals surface area contributed by atoms with Crippen molar-refractivity contribution >= 4 is 23.5 Å². The van der Waals surface area contributed by atoms with Crippen LogP contribution in [0.25, 0.3) is 0 Å². The molecule has 1 heterocycles. The zero-order valence-corrected chi connectivity index (χ0v) is 15.4. The predicted octanol–water partition coefficient (Wildman–Crippen LogP) is 1.45. The molecule has 0 saturated carbocycles. The minimum absolute atomic E-state index is 0.253. The van der Waals surface area contributed by atoms with E-state index in [1.54, 1.807) is 31.2 Å². The number of benzene rings is 1. The number of rotatable bonds is 7. The SMILES string of the molecule is CC[C@@H](C(=O)Nc1cccc(OC)c1)n1nnc(C(=O)OC)c1C(=O)OC. The van der Waals surface area contributed by atoms with Gasteiger partial charge in [-0.3, -0.25) is 4.79 Å². The standard InChI is InChI=1S/C17H20N4O6/c1-5-12(15(22)18-10-7-6-8-11(9-10)25-2)21-14(17(24)27-4)13(19-20-21)16(23)26-3/h6-9,12H,5H2,1-4H3,(H,18,22)/t12-/m0/s1. The summed E-state index contributed by atoms with van der Waals surface area (Å²) in [5, 5.41) is 10.2. The van der Waals surface area contributed by atoms with E-state index in [0.717, 1.165) is 18.9 Å². The van der Waals surface area contributed by atoms with Crippen molar-refractivity contribution in [2.24, 2.45) is 0 Å². The Morgan fingerprint density at radius 2 is 1.85 bits per heavy atom. The van der Waals surface area contributed by atoms with Crippen molar-refractivity contribution in [3.05, 3.63) is 35.7 Å². The van der Waals surface area contributed by atoms with Crippen molar-refractivity contribution in [3.8, 4) is 5.75 Å². The Labute approximate surface area is 155 Å². The minimum atomic E-state index is -0.906. The van der Waals surface area contributed by atoms with Gasteiger partial charge < -0.3 is 19.5 Å². The first-order chi connectivity index (χ1) is 13.0. The van der Waals surface area contributed by atoms with E-state index in [1.807, 2.05) is 0 Å². The Balaban J connectivity index is 2.38. The molecule has 2 aromatic rings. The molecule has 0 fully saturated rings. The van der Waals surface area contributed by atoms with Crippen LogP contribution < -0.4 is 10.1 Å². The van der Waals surface area contributed by atoms with Gasteiger partial charge in [0.15, 0.2) is 5.69 Å². The molecular formula is C17H20N4O6. The van der Waals surface area contributed by atoms with Gasteiger partial charge in [0.25, 0.3) is 0 Å². The van der Waals surface area contributed by atoms with Gasteiger partial charge in [-0.1, -0.05) is 18.2 Å². The number of anilines is 1. The van der Waals surface area contributed by atoms with Gasteiger partial charge in [-0.2, -0.15) is 0 Å². The minimum Gasteiger partial charge on any atom is -0.497 e. The van der Waals surface area contributed by atoms with Gasteiger partial charge >= 0.3 is 11.9 Å². The van der Waals surface area contributed by atoms with E-state index in [0.29, 0.717) is 11.4 Å². The van der Waals surface area contributed by atoms with Gasteiger partial charge in [-0.05, 0) is 18.6 Å². The Morgan fingerprint density at radius 1 is 1.15 bits per heavy atom. The van der Waals surface area contributed by atoms with E-state index >= 15 is 0 Å². The van der Waals surface area contributed by atoms with E-state index in [9.17, 15) is 14.4 Å². The van der Waals surface area contributed by atoms with Crippen molar-refractivity contribution in [2.75, 3.05) is 26.6 Å². The maximum Gasteiger partial charge on any atom is 0.361 e. The third-order valence-corrected chi connectivity index (χ3v) is 3.77. The highest BCUT2D eigenvalue weighted by atomic mass is 16.5. The lowest BCUT2D eigenvalue weighted by molar-refractivity contribution is -0.119. The number of hydrogen-bond donors (Lipinski definition) is 1. The Hall–Kier alpha value is -3.43. The molecule has 27 heavy (non-hydrogen) atoms. The van der Waals surface area contributed by atoms with E-state index < -0.39 is 23.9 Å². The van der Waals surface area contributed by atoms with Crippen LogP contribution in [-0.4, -0.2) is 54.2 Å². The highest BCUT2D eigenvalue weighted by molar-refractivity contribution is 6.01. The highest BCUT2D eigenvalue weighted by Crippen LogP contribution is 2.21. The molecule has 0 aliphatic carbocycles. The van der Waals surface area contributed by atoms with Crippen LogP contribution in [-0.2, 0) is 14.3 Å². The average Bonchev–Trinajstić information content (AvgIpc) is 3.12. The van der Waals surface area contributed by atoms with Crippen LogP contribution in [0.1, 0.15) is 40.4 Å². The van der Waals surface area contributed by atoms with Crippen molar-refractivity contribution in [3.63, 3.8) is 0 Å². The third kappa shape index (κ3) is 4.22. The molecule has 1 amide bonds. The first-order valence-corrected chi connectivity index (χ1v) is 8.03. The molecule has 2 rings (SSSR count). The number of esters is 2. The van der Waals surface area contributed by atoms with Gasteiger partial charge in [0.2, 0.25) is 11.6 Å². The number of ether oxygens (including phenoxy) is 3. The largest absolute Gasteiger partial charge is 0.497 e. The lowest BCUT2D eigenvalue weighted by atomic mass is 10.2. The molecule has 1 atom stereocenters. The first-order valence-electron chi connectivity index (χ1n) is 8.03. The Kier molecular flexibility index (Phi) is 6.47. The van der Waals surface area contributed by atoms with Crippen LogP contribution in [0.3, 0.4) is 0 Å². The van der Waals surface area contributed by atoms with E-state index in [4.69, 9.17) is 9.47 Å². The fraction of sp³-hybridized carbons (Fsp3) is 0.353. The summed E-state index contributed by atoms with van der Waals surface area (Å²) < 4.78 is 15.5. The Morgan fingerprint density at radius 3 is 2.44 bits per heavy atom. The molecule has 1 N–H and O–H groups in total. The predicted molar refractivity (Wildman–Crippen MR) is 93.7 cm³/mol. The first kappa shape index (κ1) is 19.9. The average molecular weight is 376 g/mol. The fourth-order valence-corrected chi connectivity index (χ4v) is 2.43. The summed E-state index contributed by atoms with van der Waals surface area (Å²) in [6, 6.07) is 5.89. The quantitative estimate of drug-likeness (QED) is 0.721. The fourth-order valence-electron chi connectivity index (χ4n) is 2.43. The van der Waals surface area contributed by atoms with Crippen LogP contribution in [0.5, 0.6) is 5.75 Å². The number of carbonyl (C=O) groups is 3. The van der Waals surface area contributed by atoms with Gasteiger partial charge in [0, 0.05) is 11.8 Å². The van der Waals surface area contributed by atoms with Crippen LogP contribution in [0.4, 0.5) is 5.69 Å². The normalized spacial score (nSPS) is 11.4. The maximum atomic E-state index is 12.7. The van der Waals surface area contributed by atoms with E-state index in [-0.39, 0.29) is 17.8 Å². The van der Waals surface area contributed by atoms with E-state index in [2.05, 4.69) is 20.4 Å². The second-order valence-corrected chi connectivity index (χ2v) is 5.36. The zero-order valence-electron chi connectivity index (χ0n) is 15.4. The summed E-state index contributed by atoms with van der Waals surface area (Å²) in [4.78, 5) is 36.7. The van der Waals surface area contributed by atoms with Crippen LogP contribution in [0, 0.1) is 0 Å². The molecule has 0 aliphatic rings. The van der Waals surface area contributed by atoms with Crippen LogP contribution in [0.2, 0.25) is 0 Å². The molecule has 0 radical (unpaired) electrons. The second-order valence-electron chi connectivity index (χ2n) is 5.36. The number of hydrogen-bond acceptors (Lipinski definition) is 8. The summed E-state index contributed by atoms with van der Waals surface area (Å²) in [5.41, 5.74) is -0.0697. The van der Waals surface area contributed by atoms with Crippen LogP contribution in [0.15, 0.2) is 24.3 Å².